The van der Waals surface area contributed by atoms with Crippen molar-refractivity contribution in [1.82, 2.24) is 24.8 Å². The molecule has 0 amide bonds. The van der Waals surface area contributed by atoms with Gasteiger partial charge in [0.15, 0.2) is 5.75 Å². The van der Waals surface area contributed by atoms with Crippen LogP contribution in [0.4, 0.5) is 0 Å². The Hall–Kier alpha value is -2.33. The maximum atomic E-state index is 12.9. The molecule has 10 heteroatoms. The average molecular weight is 516 g/mol. The average Bonchev–Trinajstić information content (AvgIpc) is 3.34. The molecule has 0 radical (unpaired) electrons. The molecule has 6 heterocycles. The predicted octanol–water partition coefficient (Wildman–Crippen LogP) is 3.41. The summed E-state index contributed by atoms with van der Waals surface area (Å²) in [7, 11) is 1.67. The van der Waals surface area contributed by atoms with Crippen molar-refractivity contribution in [2.75, 3.05) is 32.7 Å². The lowest BCUT2D eigenvalue weighted by Crippen LogP contribution is -2.45. The van der Waals surface area contributed by atoms with E-state index in [1.807, 2.05) is 16.8 Å². The maximum absolute atomic E-state index is 12.9. The molecule has 1 unspecified atom stereocenters. The number of piperidine rings is 1. The number of pyridine rings is 3. The van der Waals surface area contributed by atoms with Gasteiger partial charge in [-0.05, 0) is 50.9 Å². The highest BCUT2D eigenvalue weighted by Crippen LogP contribution is 2.36. The van der Waals surface area contributed by atoms with Crippen LogP contribution >= 0.6 is 24.2 Å². The first kappa shape index (κ1) is 24.4. The van der Waals surface area contributed by atoms with Crippen molar-refractivity contribution in [2.24, 2.45) is 0 Å². The van der Waals surface area contributed by atoms with E-state index in [9.17, 15) is 4.79 Å². The molecule has 6 rings (SSSR count). The van der Waals surface area contributed by atoms with Crippen LogP contribution in [-0.2, 0) is 13.0 Å². The summed E-state index contributed by atoms with van der Waals surface area (Å²) in [4.78, 5) is 25.7. The second kappa shape index (κ2) is 10.3. The van der Waals surface area contributed by atoms with Crippen LogP contribution in [0, 0.1) is 0 Å². The van der Waals surface area contributed by atoms with Gasteiger partial charge >= 0.3 is 0 Å². The number of fused-ring (bicyclic) bond motifs is 1. The Bertz CT molecular complexity index is 1280. The number of likely N-dealkylation sites (tertiary alicyclic amines) is 1. The van der Waals surface area contributed by atoms with Crippen LogP contribution in [0.2, 0.25) is 0 Å². The smallest absolute Gasteiger partial charge is 0.251 e. The van der Waals surface area contributed by atoms with E-state index in [-0.39, 0.29) is 24.0 Å². The number of nitrogens with one attached hydrogen (secondary N) is 1. The number of methoxy groups -OCH3 is 1. The summed E-state index contributed by atoms with van der Waals surface area (Å²) >= 11 is 1.73. The molecule has 1 saturated heterocycles. The van der Waals surface area contributed by atoms with Crippen LogP contribution < -0.4 is 20.3 Å². The third kappa shape index (κ3) is 4.74. The van der Waals surface area contributed by atoms with Gasteiger partial charge in [-0.3, -0.25) is 14.8 Å². The molecule has 1 fully saturated rings. The molecule has 1 N–H and O–H groups in total. The number of halogens is 1. The second-order valence-corrected chi connectivity index (χ2v) is 10.2. The van der Waals surface area contributed by atoms with Gasteiger partial charge in [0.2, 0.25) is 0 Å². The van der Waals surface area contributed by atoms with Crippen LogP contribution in [0.5, 0.6) is 11.5 Å². The number of hydrogen-bond acceptors (Lipinski definition) is 8. The van der Waals surface area contributed by atoms with E-state index in [0.717, 1.165) is 85.7 Å². The van der Waals surface area contributed by atoms with Crippen molar-refractivity contribution in [3.05, 3.63) is 52.2 Å². The van der Waals surface area contributed by atoms with Crippen molar-refractivity contribution in [1.29, 1.82) is 0 Å². The minimum atomic E-state index is 0. The first-order valence-corrected chi connectivity index (χ1v) is 13.0. The SMILES string of the molecule is COc1cnc2ccc(=O)n3c2c1CCC3CN1CCC(NCc2cc3c(cn2)OCS3)CC1.Cl. The molecule has 3 aromatic heterocycles. The predicted molar refractivity (Wildman–Crippen MR) is 139 cm³/mol. The van der Waals surface area contributed by atoms with E-state index >= 15 is 0 Å². The largest absolute Gasteiger partial charge is 0.495 e. The summed E-state index contributed by atoms with van der Waals surface area (Å²) in [5.74, 6) is 2.36. The summed E-state index contributed by atoms with van der Waals surface area (Å²) < 4.78 is 13.0. The Morgan fingerprint density at radius 3 is 2.89 bits per heavy atom. The van der Waals surface area contributed by atoms with E-state index in [0.29, 0.717) is 12.0 Å². The molecule has 0 bridgehead atoms. The van der Waals surface area contributed by atoms with E-state index < -0.39 is 0 Å². The molecular weight excluding hydrogens is 486 g/mol. The summed E-state index contributed by atoms with van der Waals surface area (Å²) in [6, 6.07) is 6.27. The van der Waals surface area contributed by atoms with Crippen LogP contribution in [-0.4, -0.2) is 58.2 Å². The highest BCUT2D eigenvalue weighted by atomic mass is 35.5. The number of rotatable bonds is 6. The number of thioether (sulfide) groups is 1. The zero-order valence-corrected chi connectivity index (χ0v) is 21.4. The number of ether oxygens (including phenoxy) is 2. The molecule has 0 spiro atoms. The molecule has 0 aromatic carbocycles. The summed E-state index contributed by atoms with van der Waals surface area (Å²) in [5, 5.41) is 3.69. The van der Waals surface area contributed by atoms with Crippen molar-refractivity contribution >= 4 is 35.2 Å². The quantitative estimate of drug-likeness (QED) is 0.535. The topological polar surface area (TPSA) is 81.5 Å². The fourth-order valence-corrected chi connectivity index (χ4v) is 6.25. The number of nitrogens with zero attached hydrogens (tertiary/aromatic N) is 4. The Labute approximate surface area is 214 Å². The molecule has 0 aliphatic carbocycles. The highest BCUT2D eigenvalue weighted by Gasteiger charge is 2.28. The minimum Gasteiger partial charge on any atom is -0.495 e. The molecule has 0 saturated carbocycles. The molecule has 3 aliphatic rings. The van der Waals surface area contributed by atoms with Gasteiger partial charge in [0.1, 0.15) is 11.7 Å². The zero-order chi connectivity index (χ0) is 23.1. The van der Waals surface area contributed by atoms with Crippen LogP contribution in [0.1, 0.15) is 36.6 Å². The van der Waals surface area contributed by atoms with E-state index in [1.54, 1.807) is 31.1 Å². The minimum absolute atomic E-state index is 0. The van der Waals surface area contributed by atoms with Crippen molar-refractivity contribution in [2.45, 2.75) is 49.2 Å². The third-order valence-electron chi connectivity index (χ3n) is 7.27. The second-order valence-electron chi connectivity index (χ2n) is 9.26. The molecule has 186 valence electrons. The van der Waals surface area contributed by atoms with Crippen molar-refractivity contribution in [3.63, 3.8) is 0 Å². The third-order valence-corrected chi connectivity index (χ3v) is 8.13. The van der Waals surface area contributed by atoms with Crippen LogP contribution in [0.15, 0.2) is 40.3 Å². The van der Waals surface area contributed by atoms with E-state index in [4.69, 9.17) is 9.47 Å². The van der Waals surface area contributed by atoms with Gasteiger partial charge in [0, 0.05) is 30.8 Å². The fourth-order valence-electron chi connectivity index (χ4n) is 5.47. The number of aryl methyl sites for hydroxylation is 1. The highest BCUT2D eigenvalue weighted by molar-refractivity contribution is 7.99. The number of aromatic nitrogens is 3. The maximum Gasteiger partial charge on any atom is 0.251 e. The van der Waals surface area contributed by atoms with Crippen molar-refractivity contribution in [3.8, 4) is 11.5 Å². The summed E-state index contributed by atoms with van der Waals surface area (Å²) in [5.41, 5.74) is 4.04. The van der Waals surface area contributed by atoms with Gasteiger partial charge < -0.3 is 24.3 Å². The lowest BCUT2D eigenvalue weighted by atomic mass is 9.96. The van der Waals surface area contributed by atoms with Gasteiger partial charge in [-0.1, -0.05) is 11.8 Å². The van der Waals surface area contributed by atoms with Gasteiger partial charge in [-0.2, -0.15) is 0 Å². The first-order chi connectivity index (χ1) is 16.7. The van der Waals surface area contributed by atoms with Crippen molar-refractivity contribution < 1.29 is 9.47 Å². The van der Waals surface area contributed by atoms with Gasteiger partial charge in [0.25, 0.3) is 5.56 Å². The summed E-state index contributed by atoms with van der Waals surface area (Å²) in [6.45, 7) is 3.74. The van der Waals surface area contributed by atoms with Gasteiger partial charge in [-0.15, -0.1) is 12.4 Å². The first-order valence-electron chi connectivity index (χ1n) is 12.0. The van der Waals surface area contributed by atoms with E-state index in [2.05, 4.69) is 26.3 Å². The van der Waals surface area contributed by atoms with Crippen LogP contribution in [0.25, 0.3) is 11.0 Å². The lowest BCUT2D eigenvalue weighted by molar-refractivity contribution is 0.167. The standard InChI is InChI=1S/C25H29N5O3S.ClH/c1-32-21-12-28-20-4-5-24(31)30-18(2-3-19(21)25(20)30)14-29-8-6-16(7-9-29)26-11-17-10-23-22(13-27-17)33-15-34-23;/h4-5,10,12-13,16,18,26H,2-3,6-9,11,14-15H2,1H3;1H. The normalized spacial score (nSPS) is 19.7. The molecule has 8 nitrogen and oxygen atoms in total. The monoisotopic (exact) mass is 515 g/mol. The zero-order valence-electron chi connectivity index (χ0n) is 19.7. The van der Waals surface area contributed by atoms with Gasteiger partial charge in [0.05, 0.1) is 47.2 Å². The Morgan fingerprint density at radius 1 is 1.20 bits per heavy atom. The van der Waals surface area contributed by atoms with E-state index in [1.165, 1.54) is 4.90 Å². The molecule has 1 atom stereocenters. The molecule has 3 aliphatic heterocycles. The Kier molecular flexibility index (Phi) is 7.20. The molecular formula is C25H30ClN5O3S. The molecule has 35 heavy (non-hydrogen) atoms. The number of hydrogen-bond donors (Lipinski definition) is 1. The summed E-state index contributed by atoms with van der Waals surface area (Å²) in [6.07, 6.45) is 7.66. The van der Waals surface area contributed by atoms with Crippen LogP contribution in [0.3, 0.4) is 0 Å². The van der Waals surface area contributed by atoms with Gasteiger partial charge in [-0.25, -0.2) is 0 Å². The Balaban J connectivity index is 0.00000253. The lowest BCUT2D eigenvalue weighted by Gasteiger charge is -2.37. The fraction of sp³-hybridized carbons (Fsp3) is 0.480. The Morgan fingerprint density at radius 2 is 2.06 bits per heavy atom. The molecule has 3 aromatic rings.